The van der Waals surface area contributed by atoms with Gasteiger partial charge in [-0.15, -0.1) is 0 Å². The largest absolute Gasteiger partial charge is 0.393 e. The second kappa shape index (κ2) is 6.81. The smallest absolute Gasteiger partial charge is 0.0622 e. The van der Waals surface area contributed by atoms with Crippen LogP contribution in [0.15, 0.2) is 0 Å². The van der Waals surface area contributed by atoms with Crippen molar-refractivity contribution in [2.75, 3.05) is 7.11 Å². The zero-order valence-electron chi connectivity index (χ0n) is 15.7. The van der Waals surface area contributed by atoms with E-state index in [9.17, 15) is 5.11 Å². The SMILES string of the molecule is COC(C)(C)CC[C@@H](C)[C@H](C)C1CCC2C(O)CCC[C@@]21C. The molecule has 0 radical (unpaired) electrons. The number of rotatable bonds is 6. The Morgan fingerprint density at radius 1 is 1.23 bits per heavy atom. The molecule has 22 heavy (non-hydrogen) atoms. The average molecular weight is 311 g/mol. The van der Waals surface area contributed by atoms with Gasteiger partial charge in [0.25, 0.3) is 0 Å². The van der Waals surface area contributed by atoms with Gasteiger partial charge in [-0.2, -0.15) is 0 Å². The number of hydrogen-bond donors (Lipinski definition) is 1. The van der Waals surface area contributed by atoms with E-state index < -0.39 is 0 Å². The molecule has 2 nitrogen and oxygen atoms in total. The maximum atomic E-state index is 10.4. The van der Waals surface area contributed by atoms with Crippen LogP contribution in [0.2, 0.25) is 0 Å². The summed E-state index contributed by atoms with van der Waals surface area (Å²) in [5.74, 6) is 2.81. The van der Waals surface area contributed by atoms with Crippen LogP contribution < -0.4 is 0 Å². The molecule has 2 heteroatoms. The van der Waals surface area contributed by atoms with Crippen molar-refractivity contribution in [2.24, 2.45) is 29.1 Å². The van der Waals surface area contributed by atoms with Gasteiger partial charge in [0.15, 0.2) is 0 Å². The highest BCUT2D eigenvalue weighted by atomic mass is 16.5. The average Bonchev–Trinajstić information content (AvgIpc) is 2.82. The lowest BCUT2D eigenvalue weighted by Gasteiger charge is -2.46. The Morgan fingerprint density at radius 3 is 2.55 bits per heavy atom. The van der Waals surface area contributed by atoms with Crippen molar-refractivity contribution >= 4 is 0 Å². The molecule has 0 spiro atoms. The van der Waals surface area contributed by atoms with Crippen LogP contribution in [-0.4, -0.2) is 23.9 Å². The van der Waals surface area contributed by atoms with Crippen molar-refractivity contribution in [1.29, 1.82) is 0 Å². The van der Waals surface area contributed by atoms with Crippen LogP contribution in [-0.2, 0) is 4.74 Å². The highest BCUT2D eigenvalue weighted by molar-refractivity contribution is 5.02. The summed E-state index contributed by atoms with van der Waals surface area (Å²) in [7, 11) is 1.82. The molecule has 2 aliphatic rings. The van der Waals surface area contributed by atoms with Gasteiger partial charge >= 0.3 is 0 Å². The van der Waals surface area contributed by atoms with E-state index in [2.05, 4.69) is 34.6 Å². The first kappa shape index (κ1) is 18.3. The van der Waals surface area contributed by atoms with Gasteiger partial charge in [0.2, 0.25) is 0 Å². The Morgan fingerprint density at radius 2 is 1.91 bits per heavy atom. The fourth-order valence-electron chi connectivity index (χ4n) is 5.39. The molecular formula is C20H38O2. The molecule has 0 aromatic rings. The van der Waals surface area contributed by atoms with E-state index >= 15 is 0 Å². The van der Waals surface area contributed by atoms with Crippen molar-refractivity contribution in [1.82, 2.24) is 0 Å². The summed E-state index contributed by atoms with van der Waals surface area (Å²) in [5, 5.41) is 10.4. The van der Waals surface area contributed by atoms with Gasteiger partial charge in [0.1, 0.15) is 0 Å². The number of fused-ring (bicyclic) bond motifs is 1. The lowest BCUT2D eigenvalue weighted by molar-refractivity contribution is -0.0350. The van der Waals surface area contributed by atoms with E-state index in [-0.39, 0.29) is 11.7 Å². The van der Waals surface area contributed by atoms with Crippen molar-refractivity contribution in [2.45, 2.75) is 91.3 Å². The lowest BCUT2D eigenvalue weighted by atomic mass is 9.60. The summed E-state index contributed by atoms with van der Waals surface area (Å²) < 4.78 is 5.58. The number of hydrogen-bond acceptors (Lipinski definition) is 2. The van der Waals surface area contributed by atoms with Gasteiger partial charge in [0.05, 0.1) is 11.7 Å². The molecule has 0 aliphatic heterocycles. The summed E-state index contributed by atoms with van der Waals surface area (Å²) in [6, 6.07) is 0. The Hall–Kier alpha value is -0.0800. The van der Waals surface area contributed by atoms with Gasteiger partial charge in [0, 0.05) is 7.11 Å². The zero-order chi connectivity index (χ0) is 16.5. The zero-order valence-corrected chi connectivity index (χ0v) is 15.7. The maximum Gasteiger partial charge on any atom is 0.0622 e. The van der Waals surface area contributed by atoms with E-state index in [1.165, 1.54) is 32.1 Å². The molecule has 2 fully saturated rings. The number of methoxy groups -OCH3 is 1. The van der Waals surface area contributed by atoms with Crippen LogP contribution in [0.25, 0.3) is 0 Å². The third-order valence-corrected chi connectivity index (χ3v) is 7.45. The van der Waals surface area contributed by atoms with Crippen LogP contribution in [0.3, 0.4) is 0 Å². The van der Waals surface area contributed by atoms with Crippen LogP contribution in [0, 0.1) is 29.1 Å². The Kier molecular flexibility index (Phi) is 5.65. The van der Waals surface area contributed by atoms with Gasteiger partial charge in [-0.25, -0.2) is 0 Å². The van der Waals surface area contributed by atoms with Crippen molar-refractivity contribution in [3.63, 3.8) is 0 Å². The molecule has 1 N–H and O–H groups in total. The molecule has 0 saturated heterocycles. The molecule has 0 bridgehead atoms. The Balaban J connectivity index is 1.98. The fraction of sp³-hybridized carbons (Fsp3) is 1.00. The van der Waals surface area contributed by atoms with E-state index in [1.807, 2.05) is 7.11 Å². The first-order chi connectivity index (χ1) is 10.2. The maximum absolute atomic E-state index is 10.4. The molecule has 0 amide bonds. The monoisotopic (exact) mass is 310 g/mol. The lowest BCUT2D eigenvalue weighted by Crippen LogP contribution is -2.42. The van der Waals surface area contributed by atoms with E-state index in [0.717, 1.165) is 30.6 Å². The van der Waals surface area contributed by atoms with Gasteiger partial charge in [-0.3, -0.25) is 0 Å². The highest BCUT2D eigenvalue weighted by Crippen LogP contribution is 2.58. The quantitative estimate of drug-likeness (QED) is 0.744. The topological polar surface area (TPSA) is 29.5 Å². The van der Waals surface area contributed by atoms with Crippen LogP contribution in [0.1, 0.15) is 79.6 Å². The first-order valence-electron chi connectivity index (χ1n) is 9.44. The van der Waals surface area contributed by atoms with Crippen molar-refractivity contribution in [3.05, 3.63) is 0 Å². The van der Waals surface area contributed by atoms with E-state index in [1.54, 1.807) is 0 Å². The molecule has 6 atom stereocenters. The van der Waals surface area contributed by atoms with Crippen molar-refractivity contribution < 1.29 is 9.84 Å². The third-order valence-electron chi connectivity index (χ3n) is 7.45. The highest BCUT2D eigenvalue weighted by Gasteiger charge is 2.52. The van der Waals surface area contributed by atoms with Crippen molar-refractivity contribution in [3.8, 4) is 0 Å². The number of ether oxygens (including phenoxy) is 1. The summed E-state index contributed by atoms with van der Waals surface area (Å²) in [6.45, 7) is 11.7. The second-order valence-electron chi connectivity index (χ2n) is 9.09. The molecule has 0 aromatic carbocycles. The molecule has 0 heterocycles. The molecule has 2 saturated carbocycles. The predicted octanol–water partition coefficient (Wildman–Crippen LogP) is 5.04. The molecule has 2 aliphatic carbocycles. The third kappa shape index (κ3) is 3.53. The van der Waals surface area contributed by atoms with Crippen LogP contribution in [0.4, 0.5) is 0 Å². The normalized spacial score (nSPS) is 38.6. The van der Waals surface area contributed by atoms with Crippen LogP contribution >= 0.6 is 0 Å². The minimum Gasteiger partial charge on any atom is -0.393 e. The molecular weight excluding hydrogens is 272 g/mol. The van der Waals surface area contributed by atoms with Gasteiger partial charge < -0.3 is 9.84 Å². The predicted molar refractivity (Wildman–Crippen MR) is 92.8 cm³/mol. The summed E-state index contributed by atoms with van der Waals surface area (Å²) in [4.78, 5) is 0. The Bertz CT molecular complexity index is 365. The fourth-order valence-corrected chi connectivity index (χ4v) is 5.39. The van der Waals surface area contributed by atoms with E-state index in [4.69, 9.17) is 4.74 Å². The molecule has 0 aromatic heterocycles. The number of aliphatic hydroxyl groups is 1. The minimum absolute atomic E-state index is 0.00285. The number of aliphatic hydroxyl groups excluding tert-OH is 1. The molecule has 3 unspecified atom stereocenters. The molecule has 2 rings (SSSR count). The second-order valence-corrected chi connectivity index (χ2v) is 9.09. The Labute approximate surface area is 138 Å². The van der Waals surface area contributed by atoms with Crippen LogP contribution in [0.5, 0.6) is 0 Å². The summed E-state index contributed by atoms with van der Waals surface area (Å²) in [6.07, 6.45) is 8.44. The van der Waals surface area contributed by atoms with Gasteiger partial charge in [-0.05, 0) is 81.5 Å². The summed E-state index contributed by atoms with van der Waals surface area (Å²) >= 11 is 0. The molecule has 130 valence electrons. The first-order valence-corrected chi connectivity index (χ1v) is 9.44. The minimum atomic E-state index is -0.0429. The van der Waals surface area contributed by atoms with Gasteiger partial charge in [-0.1, -0.05) is 27.2 Å². The standard InChI is InChI=1S/C20H38O2/c1-14(11-13-19(3,4)22-6)15(2)16-9-10-17-18(21)8-7-12-20(16,17)5/h14-18,21H,7-13H2,1-6H3/t14-,15+,16?,17?,18?,20-/m1/s1. The summed E-state index contributed by atoms with van der Waals surface area (Å²) in [5.41, 5.74) is 0.374. The van der Waals surface area contributed by atoms with E-state index in [0.29, 0.717) is 11.3 Å².